The normalized spacial score (nSPS) is 13.1. The van der Waals surface area contributed by atoms with E-state index >= 15 is 0 Å². The zero-order valence-electron chi connectivity index (χ0n) is 32.5. The van der Waals surface area contributed by atoms with Crippen LogP contribution >= 0.6 is 0 Å². The maximum Gasteiger partial charge on any atom is 0.0547 e. The van der Waals surface area contributed by atoms with Gasteiger partial charge in [0.15, 0.2) is 0 Å². The second-order valence-electron chi connectivity index (χ2n) is 16.5. The monoisotopic (exact) mass is 737 g/mol. The molecule has 0 aliphatic heterocycles. The predicted molar refractivity (Wildman–Crippen MR) is 247 cm³/mol. The van der Waals surface area contributed by atoms with Crippen molar-refractivity contribution in [1.29, 1.82) is 0 Å². The Morgan fingerprint density at radius 3 is 1.50 bits per heavy atom. The molecule has 0 spiro atoms. The van der Waals surface area contributed by atoms with Crippen LogP contribution in [0, 0.1) is 0 Å². The average molecular weight is 738 g/mol. The summed E-state index contributed by atoms with van der Waals surface area (Å²) in [4.78, 5) is 0. The lowest BCUT2D eigenvalue weighted by Crippen LogP contribution is -2.14. The summed E-state index contributed by atoms with van der Waals surface area (Å²) in [6.45, 7) is 4.70. The number of para-hydroxylation sites is 1. The molecule has 1 aliphatic rings. The van der Waals surface area contributed by atoms with Gasteiger partial charge in [0.2, 0.25) is 0 Å². The summed E-state index contributed by atoms with van der Waals surface area (Å²) < 4.78 is 2.43. The third kappa shape index (κ3) is 4.83. The van der Waals surface area contributed by atoms with Crippen LogP contribution in [0.25, 0.3) is 104 Å². The zero-order valence-corrected chi connectivity index (χ0v) is 32.5. The standard InChI is InChI=1S/C57H39N/c1-57(2)53-20-9-7-18-48(53)49-30-25-40(34-54(49)57)36-22-27-42(28-23-36)58-55-21-10-8-19-50(55)51-31-26-41(35-56(51)58)38-13-11-12-37(32-38)39-24-29-47-45-16-4-3-14-43(45)44-15-5-6-17-46(44)52(47)33-39/h3-35H,1-2H3. The van der Waals surface area contributed by atoms with E-state index in [0.29, 0.717) is 0 Å². The smallest absolute Gasteiger partial charge is 0.0547 e. The second-order valence-corrected chi connectivity index (χ2v) is 16.5. The van der Waals surface area contributed by atoms with Gasteiger partial charge in [-0.2, -0.15) is 0 Å². The molecule has 0 saturated carbocycles. The first kappa shape index (κ1) is 33.0. The molecule has 1 aromatic heterocycles. The molecule has 1 heteroatoms. The first-order valence-corrected chi connectivity index (χ1v) is 20.3. The van der Waals surface area contributed by atoms with Gasteiger partial charge in [-0.05, 0) is 130 Å². The molecule has 1 nitrogen and oxygen atoms in total. The second kappa shape index (κ2) is 12.4. The van der Waals surface area contributed by atoms with Crippen LogP contribution in [0.15, 0.2) is 200 Å². The number of hydrogen-bond donors (Lipinski definition) is 0. The molecule has 0 radical (unpaired) electrons. The van der Waals surface area contributed by atoms with Gasteiger partial charge < -0.3 is 4.57 Å². The first-order chi connectivity index (χ1) is 28.5. The summed E-state index contributed by atoms with van der Waals surface area (Å²) in [5, 5.41) is 10.3. The van der Waals surface area contributed by atoms with Gasteiger partial charge in [-0.15, -0.1) is 0 Å². The molecule has 10 aromatic carbocycles. The zero-order chi connectivity index (χ0) is 38.5. The van der Waals surface area contributed by atoms with Crippen molar-refractivity contribution < 1.29 is 0 Å². The van der Waals surface area contributed by atoms with Crippen molar-refractivity contribution in [1.82, 2.24) is 4.57 Å². The Balaban J connectivity index is 0.942. The Morgan fingerprint density at radius 2 is 0.776 bits per heavy atom. The number of fused-ring (bicyclic) bond motifs is 12. The number of aromatic nitrogens is 1. The van der Waals surface area contributed by atoms with Gasteiger partial charge in [0.25, 0.3) is 0 Å². The molecular formula is C57H39N. The molecule has 0 amide bonds. The number of hydrogen-bond acceptors (Lipinski definition) is 0. The van der Waals surface area contributed by atoms with Gasteiger partial charge in [0.05, 0.1) is 11.0 Å². The van der Waals surface area contributed by atoms with Crippen molar-refractivity contribution in [2.24, 2.45) is 0 Å². The van der Waals surface area contributed by atoms with E-state index in [1.54, 1.807) is 0 Å². The molecule has 58 heavy (non-hydrogen) atoms. The third-order valence-corrected chi connectivity index (χ3v) is 13.0. The molecule has 272 valence electrons. The number of benzene rings is 10. The Kier molecular flexibility index (Phi) is 7.04. The van der Waals surface area contributed by atoms with E-state index in [2.05, 4.69) is 219 Å². The van der Waals surface area contributed by atoms with E-state index in [4.69, 9.17) is 0 Å². The van der Waals surface area contributed by atoms with Crippen LogP contribution in [-0.2, 0) is 5.41 Å². The van der Waals surface area contributed by atoms with Crippen molar-refractivity contribution in [3.8, 4) is 50.2 Å². The highest BCUT2D eigenvalue weighted by atomic mass is 15.0. The van der Waals surface area contributed by atoms with Gasteiger partial charge in [0, 0.05) is 21.9 Å². The minimum Gasteiger partial charge on any atom is -0.309 e. The van der Waals surface area contributed by atoms with Gasteiger partial charge in [-0.25, -0.2) is 0 Å². The highest BCUT2D eigenvalue weighted by molar-refractivity contribution is 6.25. The van der Waals surface area contributed by atoms with E-state index in [1.165, 1.54) is 110 Å². The summed E-state index contributed by atoms with van der Waals surface area (Å²) in [5.74, 6) is 0. The molecule has 1 aliphatic carbocycles. The highest BCUT2D eigenvalue weighted by Crippen LogP contribution is 2.49. The van der Waals surface area contributed by atoms with Crippen molar-refractivity contribution in [3.05, 3.63) is 211 Å². The van der Waals surface area contributed by atoms with Crippen LogP contribution in [0.4, 0.5) is 0 Å². The fraction of sp³-hybridized carbons (Fsp3) is 0.0526. The van der Waals surface area contributed by atoms with E-state index < -0.39 is 0 Å². The summed E-state index contributed by atoms with van der Waals surface area (Å²) in [6.07, 6.45) is 0. The maximum absolute atomic E-state index is 2.43. The largest absolute Gasteiger partial charge is 0.309 e. The van der Waals surface area contributed by atoms with E-state index in [1.807, 2.05) is 0 Å². The van der Waals surface area contributed by atoms with Crippen molar-refractivity contribution >= 4 is 54.1 Å². The fourth-order valence-electron chi connectivity index (χ4n) is 10.1. The Bertz CT molecular complexity index is 3430. The van der Waals surface area contributed by atoms with E-state index in [0.717, 1.165) is 5.69 Å². The van der Waals surface area contributed by atoms with Crippen LogP contribution in [0.5, 0.6) is 0 Å². The summed E-state index contributed by atoms with van der Waals surface area (Å²) in [5.41, 5.74) is 16.4. The lowest BCUT2D eigenvalue weighted by atomic mass is 9.81. The molecule has 0 saturated heterocycles. The molecule has 0 N–H and O–H groups in total. The Morgan fingerprint density at radius 1 is 0.293 bits per heavy atom. The molecule has 11 aromatic rings. The SMILES string of the molecule is CC1(C)c2ccccc2-c2ccc(-c3ccc(-n4c5ccccc5c5ccc(-c6cccc(-c7ccc8c9ccccc9c9ccccc9c8c7)c6)cc54)cc3)cc21. The van der Waals surface area contributed by atoms with Crippen LogP contribution in [0.1, 0.15) is 25.0 Å². The average Bonchev–Trinajstić information content (AvgIpc) is 3.74. The minimum atomic E-state index is -0.0260. The van der Waals surface area contributed by atoms with Gasteiger partial charge in [-0.3, -0.25) is 0 Å². The van der Waals surface area contributed by atoms with Crippen LogP contribution in [0.2, 0.25) is 0 Å². The van der Waals surface area contributed by atoms with Gasteiger partial charge >= 0.3 is 0 Å². The minimum absolute atomic E-state index is 0.0260. The fourth-order valence-corrected chi connectivity index (χ4v) is 10.1. The van der Waals surface area contributed by atoms with E-state index in [-0.39, 0.29) is 5.41 Å². The Labute approximate surface area is 338 Å². The number of nitrogens with zero attached hydrogens (tertiary/aromatic N) is 1. The van der Waals surface area contributed by atoms with Crippen LogP contribution in [-0.4, -0.2) is 4.57 Å². The predicted octanol–water partition coefficient (Wildman–Crippen LogP) is 15.6. The molecular weight excluding hydrogens is 699 g/mol. The number of rotatable bonds is 4. The first-order valence-electron chi connectivity index (χ1n) is 20.3. The molecule has 1 heterocycles. The van der Waals surface area contributed by atoms with Crippen molar-refractivity contribution in [2.45, 2.75) is 19.3 Å². The van der Waals surface area contributed by atoms with Crippen LogP contribution < -0.4 is 0 Å². The maximum atomic E-state index is 2.43. The topological polar surface area (TPSA) is 4.93 Å². The van der Waals surface area contributed by atoms with Gasteiger partial charge in [0.1, 0.15) is 0 Å². The van der Waals surface area contributed by atoms with E-state index in [9.17, 15) is 0 Å². The quantitative estimate of drug-likeness (QED) is 0.159. The molecule has 12 rings (SSSR count). The summed E-state index contributed by atoms with van der Waals surface area (Å²) >= 11 is 0. The van der Waals surface area contributed by atoms with Crippen LogP contribution in [0.3, 0.4) is 0 Å². The van der Waals surface area contributed by atoms with Crippen molar-refractivity contribution in [2.75, 3.05) is 0 Å². The lowest BCUT2D eigenvalue weighted by Gasteiger charge is -2.22. The third-order valence-electron chi connectivity index (χ3n) is 13.0. The molecule has 0 fully saturated rings. The molecule has 0 bridgehead atoms. The molecule has 0 atom stereocenters. The Hall–Kier alpha value is -7.22. The van der Waals surface area contributed by atoms with Gasteiger partial charge in [-0.1, -0.05) is 172 Å². The summed E-state index contributed by atoms with van der Waals surface area (Å²) in [7, 11) is 0. The summed E-state index contributed by atoms with van der Waals surface area (Å²) in [6, 6.07) is 74.4. The molecule has 0 unspecified atom stereocenters. The highest BCUT2D eigenvalue weighted by Gasteiger charge is 2.35. The lowest BCUT2D eigenvalue weighted by molar-refractivity contribution is 0.660. The van der Waals surface area contributed by atoms with Crippen molar-refractivity contribution in [3.63, 3.8) is 0 Å².